The molecule has 1 aromatic rings. The molecule has 19 heavy (non-hydrogen) atoms. The Labute approximate surface area is 114 Å². The van der Waals surface area contributed by atoms with Crippen molar-refractivity contribution in [2.75, 3.05) is 11.1 Å². The van der Waals surface area contributed by atoms with Crippen LogP contribution in [0.15, 0.2) is 29.3 Å². The largest absolute Gasteiger partial charge is 0.416 e. The van der Waals surface area contributed by atoms with Gasteiger partial charge in [-0.15, -0.1) is 0 Å². The van der Waals surface area contributed by atoms with Crippen molar-refractivity contribution in [2.24, 2.45) is 10.9 Å². The molecule has 1 aliphatic rings. The van der Waals surface area contributed by atoms with E-state index in [9.17, 15) is 13.2 Å². The third-order valence-electron chi connectivity index (χ3n) is 3.09. The maximum absolute atomic E-state index is 12.4. The second kappa shape index (κ2) is 5.45. The van der Waals surface area contributed by atoms with Gasteiger partial charge in [-0.25, -0.2) is 0 Å². The van der Waals surface area contributed by atoms with Gasteiger partial charge in [-0.05, 0) is 37.1 Å². The smallest absolute Gasteiger partial charge is 0.335 e. The Hall–Kier alpha value is -1.17. The van der Waals surface area contributed by atoms with Gasteiger partial charge in [0.15, 0.2) is 5.17 Å². The Bertz CT molecular complexity index is 468. The zero-order valence-corrected chi connectivity index (χ0v) is 11.5. The highest BCUT2D eigenvalue weighted by Crippen LogP contribution is 2.30. The minimum Gasteiger partial charge on any atom is -0.335 e. The molecule has 2 atom stereocenters. The number of halogens is 3. The SMILES string of the molecule is CC1CSC(Nc2ccc(C(F)(F)F)cc2)=NC1C. The molecule has 0 aromatic heterocycles. The summed E-state index contributed by atoms with van der Waals surface area (Å²) < 4.78 is 37.3. The number of aliphatic imine (C=N–C) groups is 1. The zero-order valence-electron chi connectivity index (χ0n) is 10.7. The van der Waals surface area contributed by atoms with Crippen molar-refractivity contribution in [3.8, 4) is 0 Å². The quantitative estimate of drug-likeness (QED) is 0.835. The molecule has 0 saturated carbocycles. The molecule has 0 amide bonds. The second-order valence-electron chi connectivity index (χ2n) is 4.66. The van der Waals surface area contributed by atoms with Crippen LogP contribution in [0, 0.1) is 5.92 Å². The Morgan fingerprint density at radius 2 is 1.84 bits per heavy atom. The molecule has 0 spiro atoms. The van der Waals surface area contributed by atoms with Gasteiger partial charge in [-0.3, -0.25) is 4.99 Å². The molecular formula is C13H15F3N2S. The number of rotatable bonds is 1. The number of benzene rings is 1. The number of thioether (sulfide) groups is 1. The third kappa shape index (κ3) is 3.65. The zero-order chi connectivity index (χ0) is 14.0. The molecule has 2 nitrogen and oxygen atoms in total. The van der Waals surface area contributed by atoms with E-state index in [2.05, 4.69) is 17.2 Å². The summed E-state index contributed by atoms with van der Waals surface area (Å²) in [7, 11) is 0. The summed E-state index contributed by atoms with van der Waals surface area (Å²) in [5.41, 5.74) is -0.0146. The predicted molar refractivity (Wildman–Crippen MR) is 73.6 cm³/mol. The average Bonchev–Trinajstić information content (AvgIpc) is 2.33. The molecule has 1 aliphatic heterocycles. The summed E-state index contributed by atoms with van der Waals surface area (Å²) in [5, 5.41) is 3.82. The van der Waals surface area contributed by atoms with Gasteiger partial charge in [0.1, 0.15) is 0 Å². The fourth-order valence-corrected chi connectivity index (χ4v) is 2.76. The monoisotopic (exact) mass is 288 g/mol. The molecule has 0 bridgehead atoms. The van der Waals surface area contributed by atoms with Crippen LogP contribution in [0.1, 0.15) is 19.4 Å². The van der Waals surface area contributed by atoms with Gasteiger partial charge in [0.2, 0.25) is 0 Å². The fourth-order valence-electron chi connectivity index (χ4n) is 1.63. The lowest BCUT2D eigenvalue weighted by Crippen LogP contribution is -2.25. The molecule has 0 fully saturated rings. The summed E-state index contributed by atoms with van der Waals surface area (Å²) in [6, 6.07) is 5.23. The number of hydrogen-bond acceptors (Lipinski definition) is 3. The fraction of sp³-hybridized carbons (Fsp3) is 0.462. The topological polar surface area (TPSA) is 24.4 Å². The van der Waals surface area contributed by atoms with E-state index in [4.69, 9.17) is 0 Å². The van der Waals surface area contributed by atoms with Crippen LogP contribution >= 0.6 is 11.8 Å². The highest BCUT2D eigenvalue weighted by molar-refractivity contribution is 8.14. The van der Waals surface area contributed by atoms with Crippen molar-refractivity contribution in [2.45, 2.75) is 26.1 Å². The molecule has 1 heterocycles. The van der Waals surface area contributed by atoms with Crippen LogP contribution in [0.5, 0.6) is 0 Å². The maximum atomic E-state index is 12.4. The molecule has 2 rings (SSSR count). The van der Waals surface area contributed by atoms with Crippen LogP contribution in [0.3, 0.4) is 0 Å². The van der Waals surface area contributed by atoms with Crippen LogP contribution < -0.4 is 5.32 Å². The van der Waals surface area contributed by atoms with E-state index in [1.54, 1.807) is 11.8 Å². The van der Waals surface area contributed by atoms with Crippen molar-refractivity contribution in [3.63, 3.8) is 0 Å². The molecular weight excluding hydrogens is 273 g/mol. The molecule has 6 heteroatoms. The van der Waals surface area contributed by atoms with E-state index in [1.165, 1.54) is 12.1 Å². The molecule has 2 unspecified atom stereocenters. The van der Waals surface area contributed by atoms with Gasteiger partial charge < -0.3 is 5.32 Å². The van der Waals surface area contributed by atoms with E-state index in [0.717, 1.165) is 23.1 Å². The first-order valence-corrected chi connectivity index (χ1v) is 6.99. The number of hydrogen-bond donors (Lipinski definition) is 1. The van der Waals surface area contributed by atoms with Gasteiger partial charge in [0, 0.05) is 11.4 Å². The average molecular weight is 288 g/mol. The third-order valence-corrected chi connectivity index (χ3v) is 4.26. The van der Waals surface area contributed by atoms with Gasteiger partial charge in [0.25, 0.3) is 0 Å². The second-order valence-corrected chi connectivity index (χ2v) is 5.67. The lowest BCUT2D eigenvalue weighted by atomic mass is 10.1. The maximum Gasteiger partial charge on any atom is 0.416 e. The minimum absolute atomic E-state index is 0.234. The Morgan fingerprint density at radius 3 is 2.37 bits per heavy atom. The molecule has 0 radical (unpaired) electrons. The first-order valence-electron chi connectivity index (χ1n) is 6.01. The molecule has 0 saturated heterocycles. The molecule has 1 N–H and O–H groups in total. The van der Waals surface area contributed by atoms with E-state index < -0.39 is 11.7 Å². The Morgan fingerprint density at radius 1 is 1.21 bits per heavy atom. The Balaban J connectivity index is 2.06. The summed E-state index contributed by atoms with van der Waals surface area (Å²) in [6.45, 7) is 4.18. The number of nitrogens with zero attached hydrogens (tertiary/aromatic N) is 1. The van der Waals surface area contributed by atoms with E-state index >= 15 is 0 Å². The highest BCUT2D eigenvalue weighted by Gasteiger charge is 2.30. The minimum atomic E-state index is -4.29. The van der Waals surface area contributed by atoms with Crippen molar-refractivity contribution in [3.05, 3.63) is 29.8 Å². The number of alkyl halides is 3. The summed E-state index contributed by atoms with van der Waals surface area (Å²) in [6.07, 6.45) is -4.29. The van der Waals surface area contributed by atoms with Gasteiger partial charge in [0.05, 0.1) is 11.6 Å². The van der Waals surface area contributed by atoms with E-state index in [1.807, 2.05) is 6.92 Å². The Kier molecular flexibility index (Phi) is 4.08. The van der Waals surface area contributed by atoms with Crippen molar-refractivity contribution in [1.82, 2.24) is 0 Å². The number of anilines is 1. The van der Waals surface area contributed by atoms with Crippen molar-refractivity contribution in [1.29, 1.82) is 0 Å². The number of nitrogens with one attached hydrogen (secondary N) is 1. The molecule has 104 valence electrons. The molecule has 0 aliphatic carbocycles. The first-order chi connectivity index (χ1) is 8.86. The number of amidine groups is 1. The predicted octanol–water partition coefficient (Wildman–Crippen LogP) is 4.24. The van der Waals surface area contributed by atoms with Gasteiger partial charge in [-0.1, -0.05) is 18.7 Å². The molecule has 1 aromatic carbocycles. The summed E-state index contributed by atoms with van der Waals surface area (Å²) >= 11 is 1.60. The van der Waals surface area contributed by atoms with Gasteiger partial charge in [-0.2, -0.15) is 13.2 Å². The van der Waals surface area contributed by atoms with Crippen molar-refractivity contribution >= 4 is 22.6 Å². The van der Waals surface area contributed by atoms with Gasteiger partial charge >= 0.3 is 6.18 Å². The van der Waals surface area contributed by atoms with Crippen LogP contribution in [-0.2, 0) is 6.18 Å². The normalized spacial score (nSPS) is 23.9. The summed E-state index contributed by atoms with van der Waals surface area (Å²) in [5.74, 6) is 1.48. The van der Waals surface area contributed by atoms with Crippen LogP contribution in [-0.4, -0.2) is 17.0 Å². The van der Waals surface area contributed by atoms with E-state index in [0.29, 0.717) is 11.6 Å². The van der Waals surface area contributed by atoms with Crippen LogP contribution in [0.25, 0.3) is 0 Å². The highest BCUT2D eigenvalue weighted by atomic mass is 32.2. The van der Waals surface area contributed by atoms with Crippen LogP contribution in [0.4, 0.5) is 18.9 Å². The lowest BCUT2D eigenvalue weighted by molar-refractivity contribution is -0.137. The lowest BCUT2D eigenvalue weighted by Gasteiger charge is -2.23. The first kappa shape index (κ1) is 14.2. The van der Waals surface area contributed by atoms with Crippen molar-refractivity contribution < 1.29 is 13.2 Å². The van der Waals surface area contributed by atoms with Crippen LogP contribution in [0.2, 0.25) is 0 Å². The summed E-state index contributed by atoms with van der Waals surface area (Å²) in [4.78, 5) is 4.48. The van der Waals surface area contributed by atoms with E-state index in [-0.39, 0.29) is 6.04 Å². The standard InChI is InChI=1S/C13H15F3N2S/c1-8-7-19-12(17-9(8)2)18-11-5-3-10(4-6-11)13(14,15)16/h3-6,8-9H,7H2,1-2H3,(H,17,18).